The SMILES string of the molecule is CC(c1ccccc1)N(C)CC(=O)NCC1(N2CCOCC2)CCCCC1. The summed E-state index contributed by atoms with van der Waals surface area (Å²) in [5, 5.41) is 3.26. The van der Waals surface area contributed by atoms with Gasteiger partial charge >= 0.3 is 0 Å². The van der Waals surface area contributed by atoms with E-state index in [1.165, 1.54) is 37.7 Å². The molecule has 0 aromatic heterocycles. The number of carbonyl (C=O) groups is 1. The fraction of sp³-hybridized carbons (Fsp3) is 0.682. The van der Waals surface area contributed by atoms with Crippen molar-refractivity contribution in [1.29, 1.82) is 0 Å². The highest BCUT2D eigenvalue weighted by molar-refractivity contribution is 5.78. The van der Waals surface area contributed by atoms with E-state index in [4.69, 9.17) is 4.74 Å². The van der Waals surface area contributed by atoms with Gasteiger partial charge in [-0.05, 0) is 32.4 Å². The third-order valence-electron chi connectivity index (χ3n) is 6.42. The van der Waals surface area contributed by atoms with Crippen molar-refractivity contribution < 1.29 is 9.53 Å². The first-order valence-electron chi connectivity index (χ1n) is 10.5. The Labute approximate surface area is 164 Å². The minimum absolute atomic E-state index is 0.124. The maximum Gasteiger partial charge on any atom is 0.234 e. The highest BCUT2D eigenvalue weighted by Gasteiger charge is 2.38. The summed E-state index contributed by atoms with van der Waals surface area (Å²) in [6.45, 7) is 6.94. The minimum Gasteiger partial charge on any atom is -0.379 e. The second-order valence-electron chi connectivity index (χ2n) is 8.16. The summed E-state index contributed by atoms with van der Waals surface area (Å²) >= 11 is 0. The smallest absolute Gasteiger partial charge is 0.234 e. The summed E-state index contributed by atoms with van der Waals surface area (Å²) in [5.74, 6) is 0.124. The van der Waals surface area contributed by atoms with Crippen molar-refractivity contribution in [2.75, 3.05) is 46.4 Å². The number of hydrogen-bond acceptors (Lipinski definition) is 4. The molecule has 1 aliphatic carbocycles. The maximum absolute atomic E-state index is 12.7. The molecule has 1 aromatic rings. The van der Waals surface area contributed by atoms with E-state index in [-0.39, 0.29) is 17.5 Å². The first-order valence-corrected chi connectivity index (χ1v) is 10.5. The number of benzene rings is 1. The number of amides is 1. The molecule has 150 valence electrons. The van der Waals surface area contributed by atoms with Gasteiger partial charge in [0.05, 0.1) is 19.8 Å². The molecule has 0 radical (unpaired) electrons. The van der Waals surface area contributed by atoms with Gasteiger partial charge < -0.3 is 10.1 Å². The minimum atomic E-state index is 0.124. The van der Waals surface area contributed by atoms with E-state index in [1.54, 1.807) is 0 Å². The molecule has 5 nitrogen and oxygen atoms in total. The lowest BCUT2D eigenvalue weighted by atomic mass is 9.79. The monoisotopic (exact) mass is 373 g/mol. The molecule has 0 bridgehead atoms. The molecule has 2 aliphatic rings. The van der Waals surface area contributed by atoms with Crippen molar-refractivity contribution in [3.05, 3.63) is 35.9 Å². The molecule has 1 aromatic carbocycles. The van der Waals surface area contributed by atoms with Gasteiger partial charge in [-0.1, -0.05) is 49.6 Å². The van der Waals surface area contributed by atoms with Crippen LogP contribution in [0.3, 0.4) is 0 Å². The van der Waals surface area contributed by atoms with Crippen LogP contribution in [0.5, 0.6) is 0 Å². The number of nitrogens with zero attached hydrogens (tertiary/aromatic N) is 2. The Balaban J connectivity index is 1.54. The van der Waals surface area contributed by atoms with Crippen LogP contribution >= 0.6 is 0 Å². The molecule has 1 atom stereocenters. The van der Waals surface area contributed by atoms with E-state index in [0.29, 0.717) is 6.54 Å². The van der Waals surface area contributed by atoms with Gasteiger partial charge in [-0.25, -0.2) is 0 Å². The van der Waals surface area contributed by atoms with Crippen LogP contribution in [0.4, 0.5) is 0 Å². The van der Waals surface area contributed by atoms with Crippen molar-refractivity contribution in [1.82, 2.24) is 15.1 Å². The molecule has 27 heavy (non-hydrogen) atoms. The molecule has 1 unspecified atom stereocenters. The molecule has 3 rings (SSSR count). The molecule has 2 fully saturated rings. The van der Waals surface area contributed by atoms with Crippen LogP contribution in [-0.2, 0) is 9.53 Å². The van der Waals surface area contributed by atoms with Gasteiger partial charge in [0, 0.05) is 31.2 Å². The van der Waals surface area contributed by atoms with E-state index in [0.717, 1.165) is 32.8 Å². The van der Waals surface area contributed by atoms with Gasteiger partial charge in [0.25, 0.3) is 0 Å². The van der Waals surface area contributed by atoms with Gasteiger partial charge in [-0.15, -0.1) is 0 Å². The van der Waals surface area contributed by atoms with Crippen molar-refractivity contribution in [2.24, 2.45) is 0 Å². The van der Waals surface area contributed by atoms with E-state index < -0.39 is 0 Å². The quantitative estimate of drug-likeness (QED) is 0.798. The molecule has 1 saturated heterocycles. The van der Waals surface area contributed by atoms with Crippen LogP contribution < -0.4 is 5.32 Å². The molecule has 1 heterocycles. The summed E-state index contributed by atoms with van der Waals surface area (Å²) in [5.41, 5.74) is 1.37. The fourth-order valence-electron chi connectivity index (χ4n) is 4.52. The number of nitrogens with one attached hydrogen (secondary N) is 1. The number of likely N-dealkylation sites (N-methyl/N-ethyl adjacent to an activating group) is 1. The third-order valence-corrected chi connectivity index (χ3v) is 6.42. The standard InChI is InChI=1S/C22H35N3O2/c1-19(20-9-5-3-6-10-20)24(2)17-21(26)23-18-22(11-7-4-8-12-22)25-13-15-27-16-14-25/h3,5-6,9-10,19H,4,7-8,11-18H2,1-2H3,(H,23,26). The molecule has 5 heteroatoms. The number of hydrogen-bond donors (Lipinski definition) is 1. The van der Waals surface area contributed by atoms with Crippen molar-refractivity contribution in [2.45, 2.75) is 50.6 Å². The number of carbonyl (C=O) groups excluding carboxylic acids is 1. The molecule has 1 N–H and O–H groups in total. The van der Waals surface area contributed by atoms with Gasteiger partial charge in [0.15, 0.2) is 0 Å². The van der Waals surface area contributed by atoms with Crippen LogP contribution in [0.1, 0.15) is 50.6 Å². The molecule has 1 aliphatic heterocycles. The van der Waals surface area contributed by atoms with E-state index in [9.17, 15) is 4.79 Å². The lowest BCUT2D eigenvalue weighted by Crippen LogP contribution is -2.60. The summed E-state index contributed by atoms with van der Waals surface area (Å²) < 4.78 is 5.55. The Morgan fingerprint density at radius 3 is 2.52 bits per heavy atom. The molecule has 0 spiro atoms. The summed E-state index contributed by atoms with van der Waals surface area (Å²) in [6.07, 6.45) is 6.21. The first kappa shape index (κ1) is 20.3. The van der Waals surface area contributed by atoms with Gasteiger partial charge in [-0.3, -0.25) is 14.6 Å². The predicted molar refractivity (Wildman–Crippen MR) is 109 cm³/mol. The second-order valence-corrected chi connectivity index (χ2v) is 8.16. The van der Waals surface area contributed by atoms with Gasteiger partial charge in [-0.2, -0.15) is 0 Å². The molecule has 1 amide bonds. The maximum atomic E-state index is 12.7. The van der Waals surface area contributed by atoms with E-state index >= 15 is 0 Å². The first-order chi connectivity index (χ1) is 13.1. The van der Waals surface area contributed by atoms with Crippen molar-refractivity contribution in [3.8, 4) is 0 Å². The number of ether oxygens (including phenoxy) is 1. The Bertz CT molecular complexity index is 580. The Kier molecular flexibility index (Phi) is 7.27. The van der Waals surface area contributed by atoms with Crippen LogP contribution in [0.25, 0.3) is 0 Å². The van der Waals surface area contributed by atoms with Gasteiger partial charge in [0.1, 0.15) is 0 Å². The zero-order chi connectivity index (χ0) is 19.1. The average molecular weight is 374 g/mol. The lowest BCUT2D eigenvalue weighted by Gasteiger charge is -2.48. The zero-order valence-electron chi connectivity index (χ0n) is 17.0. The average Bonchev–Trinajstić information content (AvgIpc) is 2.73. The van der Waals surface area contributed by atoms with Crippen molar-refractivity contribution in [3.63, 3.8) is 0 Å². The van der Waals surface area contributed by atoms with Gasteiger partial charge in [0.2, 0.25) is 5.91 Å². The highest BCUT2D eigenvalue weighted by Crippen LogP contribution is 2.33. The third kappa shape index (κ3) is 5.31. The zero-order valence-corrected chi connectivity index (χ0v) is 17.0. The molecular weight excluding hydrogens is 338 g/mol. The lowest BCUT2D eigenvalue weighted by molar-refractivity contribution is -0.123. The highest BCUT2D eigenvalue weighted by atomic mass is 16.5. The fourth-order valence-corrected chi connectivity index (χ4v) is 4.52. The van der Waals surface area contributed by atoms with Crippen molar-refractivity contribution >= 4 is 5.91 Å². The topological polar surface area (TPSA) is 44.8 Å². The van der Waals surface area contributed by atoms with Crippen LogP contribution in [0, 0.1) is 0 Å². The summed E-state index contributed by atoms with van der Waals surface area (Å²) in [7, 11) is 2.02. The van der Waals surface area contributed by atoms with Crippen LogP contribution in [0.15, 0.2) is 30.3 Å². The second kappa shape index (κ2) is 9.67. The Morgan fingerprint density at radius 2 is 1.85 bits per heavy atom. The Hall–Kier alpha value is -1.43. The van der Waals surface area contributed by atoms with E-state index in [1.807, 2.05) is 13.1 Å². The largest absolute Gasteiger partial charge is 0.379 e. The summed E-state index contributed by atoms with van der Waals surface area (Å²) in [4.78, 5) is 17.4. The Morgan fingerprint density at radius 1 is 1.19 bits per heavy atom. The van der Waals surface area contributed by atoms with E-state index in [2.05, 4.69) is 46.3 Å². The predicted octanol–water partition coefficient (Wildman–Crippen LogP) is 2.83. The number of morpholine rings is 1. The normalized spacial score (nSPS) is 21.7. The summed E-state index contributed by atoms with van der Waals surface area (Å²) in [6, 6.07) is 10.6. The molecular formula is C22H35N3O2. The van der Waals surface area contributed by atoms with Crippen LogP contribution in [0.2, 0.25) is 0 Å². The van der Waals surface area contributed by atoms with Crippen LogP contribution in [-0.4, -0.2) is 67.7 Å². The number of rotatable bonds is 7. The molecule has 1 saturated carbocycles.